The van der Waals surface area contributed by atoms with Crippen LogP contribution in [0.15, 0.2) is 42.5 Å². The number of aryl methyl sites for hydroxylation is 1. The highest BCUT2D eigenvalue weighted by atomic mass is 19.1. The van der Waals surface area contributed by atoms with Crippen molar-refractivity contribution in [2.75, 3.05) is 7.11 Å². The first-order valence-corrected chi connectivity index (χ1v) is 6.83. The van der Waals surface area contributed by atoms with Gasteiger partial charge in [0.2, 0.25) is 0 Å². The molecule has 0 aromatic heterocycles. The fraction of sp³-hybridized carbons (Fsp3) is 0.294. The van der Waals surface area contributed by atoms with Gasteiger partial charge in [0.25, 0.3) is 0 Å². The Kier molecular flexibility index (Phi) is 4.81. The summed E-state index contributed by atoms with van der Waals surface area (Å²) in [5.74, 6) is 0.979. The molecule has 4 heteroatoms. The predicted molar refractivity (Wildman–Crippen MR) is 81.1 cm³/mol. The van der Waals surface area contributed by atoms with Crippen LogP contribution < -0.4 is 15.2 Å². The lowest BCUT2D eigenvalue weighted by Crippen LogP contribution is -2.28. The standard InChI is InChI=1S/C17H20FNO2/c1-11-4-7-14(18)10-16(11)21-12(2)17(19)13-5-8-15(20-3)9-6-13/h4-10,12,17H,19H2,1-3H3. The van der Waals surface area contributed by atoms with Gasteiger partial charge in [0.1, 0.15) is 23.4 Å². The second-order valence-electron chi connectivity index (χ2n) is 5.03. The third-order valence-corrected chi connectivity index (χ3v) is 3.47. The van der Waals surface area contributed by atoms with Gasteiger partial charge in [-0.05, 0) is 43.2 Å². The summed E-state index contributed by atoms with van der Waals surface area (Å²) < 4.78 is 24.2. The third-order valence-electron chi connectivity index (χ3n) is 3.47. The van der Waals surface area contributed by atoms with Crippen LogP contribution in [0.4, 0.5) is 4.39 Å². The summed E-state index contributed by atoms with van der Waals surface area (Å²) in [7, 11) is 1.62. The summed E-state index contributed by atoms with van der Waals surface area (Å²) in [6.07, 6.45) is -0.279. The second-order valence-corrected chi connectivity index (χ2v) is 5.03. The molecule has 2 unspecified atom stereocenters. The Bertz CT molecular complexity index is 598. The van der Waals surface area contributed by atoms with E-state index in [1.54, 1.807) is 13.2 Å². The Morgan fingerprint density at radius 2 is 1.76 bits per heavy atom. The molecule has 112 valence electrons. The molecule has 2 aromatic rings. The molecule has 3 nitrogen and oxygen atoms in total. The molecule has 0 aliphatic carbocycles. The van der Waals surface area contributed by atoms with Gasteiger partial charge in [0.15, 0.2) is 0 Å². The average molecular weight is 289 g/mol. The maximum atomic E-state index is 13.3. The fourth-order valence-corrected chi connectivity index (χ4v) is 2.07. The number of hydrogen-bond acceptors (Lipinski definition) is 3. The first-order chi connectivity index (χ1) is 10.0. The van der Waals surface area contributed by atoms with Crippen molar-refractivity contribution in [3.8, 4) is 11.5 Å². The van der Waals surface area contributed by atoms with Gasteiger partial charge in [-0.3, -0.25) is 0 Å². The first-order valence-electron chi connectivity index (χ1n) is 6.83. The zero-order valence-corrected chi connectivity index (χ0v) is 12.5. The van der Waals surface area contributed by atoms with Crippen molar-refractivity contribution in [3.63, 3.8) is 0 Å². The van der Waals surface area contributed by atoms with Crippen molar-refractivity contribution in [1.29, 1.82) is 0 Å². The Morgan fingerprint density at radius 3 is 2.38 bits per heavy atom. The monoisotopic (exact) mass is 289 g/mol. The summed E-state index contributed by atoms with van der Waals surface area (Å²) in [6, 6.07) is 11.7. The lowest BCUT2D eigenvalue weighted by Gasteiger charge is -2.23. The quantitative estimate of drug-likeness (QED) is 0.914. The van der Waals surface area contributed by atoms with Crippen molar-refractivity contribution in [2.45, 2.75) is 26.0 Å². The minimum absolute atomic E-state index is 0.279. The second kappa shape index (κ2) is 6.59. The average Bonchev–Trinajstić information content (AvgIpc) is 2.50. The molecular formula is C17H20FNO2. The van der Waals surface area contributed by atoms with Crippen LogP contribution in [0.3, 0.4) is 0 Å². The van der Waals surface area contributed by atoms with E-state index in [9.17, 15) is 4.39 Å². The number of halogens is 1. The number of methoxy groups -OCH3 is 1. The van der Waals surface area contributed by atoms with E-state index >= 15 is 0 Å². The molecule has 2 N–H and O–H groups in total. The number of rotatable bonds is 5. The molecule has 0 aliphatic heterocycles. The summed E-state index contributed by atoms with van der Waals surface area (Å²) >= 11 is 0. The third kappa shape index (κ3) is 3.73. The molecule has 2 aromatic carbocycles. The number of nitrogens with two attached hydrogens (primary N) is 1. The van der Waals surface area contributed by atoms with Gasteiger partial charge in [0, 0.05) is 6.07 Å². The van der Waals surface area contributed by atoms with Gasteiger partial charge >= 0.3 is 0 Å². The SMILES string of the molecule is COc1ccc(C(N)C(C)Oc2cc(F)ccc2C)cc1. The number of hydrogen-bond donors (Lipinski definition) is 1. The minimum Gasteiger partial charge on any atom is -0.497 e. The van der Waals surface area contributed by atoms with E-state index in [0.29, 0.717) is 5.75 Å². The van der Waals surface area contributed by atoms with E-state index in [-0.39, 0.29) is 18.0 Å². The highest BCUT2D eigenvalue weighted by Crippen LogP contribution is 2.25. The van der Waals surface area contributed by atoms with Crippen molar-refractivity contribution in [1.82, 2.24) is 0 Å². The molecule has 0 spiro atoms. The number of benzene rings is 2. The Morgan fingerprint density at radius 1 is 1.10 bits per heavy atom. The smallest absolute Gasteiger partial charge is 0.126 e. The van der Waals surface area contributed by atoms with Crippen LogP contribution in [0.25, 0.3) is 0 Å². The highest BCUT2D eigenvalue weighted by Gasteiger charge is 2.17. The molecule has 0 amide bonds. The van der Waals surface area contributed by atoms with Gasteiger partial charge in [0.05, 0.1) is 13.2 Å². The predicted octanol–water partition coefficient (Wildman–Crippen LogP) is 3.61. The molecule has 0 saturated carbocycles. The largest absolute Gasteiger partial charge is 0.497 e. The van der Waals surface area contributed by atoms with Crippen LogP contribution in [0.1, 0.15) is 24.1 Å². The lowest BCUT2D eigenvalue weighted by molar-refractivity contribution is 0.188. The lowest BCUT2D eigenvalue weighted by atomic mass is 10.0. The van der Waals surface area contributed by atoms with Crippen LogP contribution in [-0.2, 0) is 0 Å². The van der Waals surface area contributed by atoms with Crippen LogP contribution in [0.2, 0.25) is 0 Å². The molecule has 0 fully saturated rings. The topological polar surface area (TPSA) is 44.5 Å². The summed E-state index contributed by atoms with van der Waals surface area (Å²) in [5.41, 5.74) is 8.03. The Hall–Kier alpha value is -2.07. The molecule has 0 saturated heterocycles. The maximum Gasteiger partial charge on any atom is 0.126 e. The van der Waals surface area contributed by atoms with Gasteiger partial charge in [-0.1, -0.05) is 18.2 Å². The van der Waals surface area contributed by atoms with Crippen molar-refractivity contribution in [2.24, 2.45) is 5.73 Å². The van der Waals surface area contributed by atoms with Gasteiger partial charge < -0.3 is 15.2 Å². The van der Waals surface area contributed by atoms with E-state index in [2.05, 4.69) is 0 Å². The van der Waals surface area contributed by atoms with Crippen molar-refractivity contribution >= 4 is 0 Å². The fourth-order valence-electron chi connectivity index (χ4n) is 2.07. The first kappa shape index (κ1) is 15.3. The summed E-state index contributed by atoms with van der Waals surface area (Å²) in [4.78, 5) is 0. The zero-order valence-electron chi connectivity index (χ0n) is 12.5. The molecule has 0 aliphatic rings. The van der Waals surface area contributed by atoms with E-state index in [1.165, 1.54) is 12.1 Å². The van der Waals surface area contributed by atoms with Crippen molar-refractivity contribution < 1.29 is 13.9 Å². The van der Waals surface area contributed by atoms with E-state index in [1.807, 2.05) is 38.1 Å². The summed E-state index contributed by atoms with van der Waals surface area (Å²) in [5, 5.41) is 0. The van der Waals surface area contributed by atoms with E-state index in [0.717, 1.165) is 16.9 Å². The molecule has 21 heavy (non-hydrogen) atoms. The number of ether oxygens (including phenoxy) is 2. The van der Waals surface area contributed by atoms with Crippen LogP contribution in [-0.4, -0.2) is 13.2 Å². The van der Waals surface area contributed by atoms with Gasteiger partial charge in [-0.25, -0.2) is 4.39 Å². The molecule has 0 radical (unpaired) electrons. The Balaban J connectivity index is 2.11. The van der Waals surface area contributed by atoms with Crippen LogP contribution in [0, 0.1) is 12.7 Å². The van der Waals surface area contributed by atoms with Gasteiger partial charge in [-0.2, -0.15) is 0 Å². The molecular weight excluding hydrogens is 269 g/mol. The Labute approximate surface area is 124 Å². The minimum atomic E-state index is -0.319. The molecule has 2 atom stereocenters. The normalized spacial score (nSPS) is 13.6. The van der Waals surface area contributed by atoms with Gasteiger partial charge in [-0.15, -0.1) is 0 Å². The highest BCUT2D eigenvalue weighted by molar-refractivity contribution is 5.34. The van der Waals surface area contributed by atoms with E-state index < -0.39 is 0 Å². The molecule has 0 heterocycles. The molecule has 2 rings (SSSR count). The van der Waals surface area contributed by atoms with E-state index in [4.69, 9.17) is 15.2 Å². The van der Waals surface area contributed by atoms with Crippen molar-refractivity contribution in [3.05, 3.63) is 59.4 Å². The molecule has 0 bridgehead atoms. The summed E-state index contributed by atoms with van der Waals surface area (Å²) in [6.45, 7) is 3.75. The zero-order chi connectivity index (χ0) is 15.4. The van der Waals surface area contributed by atoms with Crippen LogP contribution in [0.5, 0.6) is 11.5 Å². The maximum absolute atomic E-state index is 13.3. The van der Waals surface area contributed by atoms with Crippen LogP contribution >= 0.6 is 0 Å².